The van der Waals surface area contributed by atoms with Gasteiger partial charge in [0.25, 0.3) is 0 Å². The van der Waals surface area contributed by atoms with E-state index < -0.39 is 19.4 Å². The fourth-order valence-corrected chi connectivity index (χ4v) is 1.27. The maximum absolute atomic E-state index is 9.53. The Morgan fingerprint density at radius 3 is 1.36 bits per heavy atom. The van der Waals surface area contributed by atoms with Crippen molar-refractivity contribution in [2.24, 2.45) is 0 Å². The van der Waals surface area contributed by atoms with E-state index in [0.29, 0.717) is 0 Å². The molecule has 0 spiro atoms. The molecule has 11 heteroatoms. The molecule has 0 unspecified atom stereocenters. The molecule has 0 bridgehead atoms. The Morgan fingerprint density at radius 1 is 1.09 bits per heavy atom. The molecule has 0 amide bonds. The second-order valence-corrected chi connectivity index (χ2v) is 3.75. The SMILES string of the molecule is O=S(=O)(O)O[Si](O)(O)O.[CaH2].[CaH2]. The third-order valence-corrected chi connectivity index (χ3v) is 1.95. The van der Waals surface area contributed by atoms with Gasteiger partial charge in [0.05, 0.1) is 0 Å². The molecule has 0 aliphatic carbocycles. The molecular weight excluding hydrogens is 252 g/mol. The van der Waals surface area contributed by atoms with Crippen LogP contribution in [0.3, 0.4) is 0 Å². The van der Waals surface area contributed by atoms with Gasteiger partial charge < -0.3 is 14.4 Å². The zero-order valence-electron chi connectivity index (χ0n) is 3.92. The number of rotatable bonds is 2. The van der Waals surface area contributed by atoms with Crippen molar-refractivity contribution in [3.63, 3.8) is 0 Å². The van der Waals surface area contributed by atoms with Gasteiger partial charge in [-0.05, 0) is 0 Å². The molecule has 0 aromatic rings. The molecule has 0 aromatic carbocycles. The monoisotopic (exact) mass is 260 g/mol. The Bertz CT molecular complexity index is 177. The van der Waals surface area contributed by atoms with Crippen LogP contribution in [0.5, 0.6) is 0 Å². The summed E-state index contributed by atoms with van der Waals surface area (Å²) in [5, 5.41) is 0. The molecule has 0 saturated heterocycles. The zero-order chi connectivity index (χ0) is 7.71. The van der Waals surface area contributed by atoms with Crippen LogP contribution in [0.25, 0.3) is 0 Å². The van der Waals surface area contributed by atoms with E-state index in [-0.39, 0.29) is 75.5 Å². The van der Waals surface area contributed by atoms with E-state index in [9.17, 15) is 8.42 Å². The van der Waals surface area contributed by atoms with Crippen molar-refractivity contribution >= 4 is 94.9 Å². The van der Waals surface area contributed by atoms with Crippen LogP contribution in [0.4, 0.5) is 0 Å². The molecule has 0 rings (SSSR count). The fourth-order valence-electron chi connectivity index (χ4n) is 0.141. The maximum atomic E-state index is 9.53. The predicted molar refractivity (Wildman–Crippen MR) is 42.1 cm³/mol. The summed E-state index contributed by atoms with van der Waals surface area (Å²) in [5.74, 6) is 0. The molecule has 0 atom stereocenters. The van der Waals surface area contributed by atoms with E-state index in [1.54, 1.807) is 0 Å². The van der Waals surface area contributed by atoms with Crippen LogP contribution >= 0.6 is 0 Å². The minimum atomic E-state index is -5.13. The second kappa shape index (κ2) is 6.87. The molecular formula is H8Ca2O7SSi. The third kappa shape index (κ3) is 19.1. The van der Waals surface area contributed by atoms with Crippen molar-refractivity contribution in [3.05, 3.63) is 0 Å². The van der Waals surface area contributed by atoms with Gasteiger partial charge in [-0.2, -0.15) is 8.42 Å². The molecule has 0 radical (unpaired) electrons. The molecule has 0 fully saturated rings. The Balaban J connectivity index is -0.000000320. The molecule has 0 aliphatic rings. The summed E-state index contributed by atoms with van der Waals surface area (Å²) < 4.78 is 29.7. The molecule has 4 N–H and O–H groups in total. The summed E-state index contributed by atoms with van der Waals surface area (Å²) in [6.07, 6.45) is 0. The van der Waals surface area contributed by atoms with Crippen molar-refractivity contribution in [2.75, 3.05) is 0 Å². The molecule has 7 nitrogen and oxygen atoms in total. The topological polar surface area (TPSA) is 124 Å². The van der Waals surface area contributed by atoms with Gasteiger partial charge in [-0.25, -0.2) is 3.87 Å². The first-order chi connectivity index (χ1) is 3.71. The molecule has 0 aliphatic heterocycles. The summed E-state index contributed by atoms with van der Waals surface area (Å²) >= 11 is 0. The Hall–Kier alpha value is 2.49. The van der Waals surface area contributed by atoms with Crippen LogP contribution in [0.15, 0.2) is 0 Å². The summed E-state index contributed by atoms with van der Waals surface area (Å²) in [7, 11) is -10.1. The Morgan fingerprint density at radius 2 is 1.36 bits per heavy atom. The molecule has 64 valence electrons. The van der Waals surface area contributed by atoms with Gasteiger partial charge in [-0.1, -0.05) is 0 Å². The quantitative estimate of drug-likeness (QED) is 0.291. The van der Waals surface area contributed by atoms with Crippen LogP contribution in [0.1, 0.15) is 0 Å². The molecule has 0 heterocycles. The van der Waals surface area contributed by atoms with E-state index in [1.165, 1.54) is 0 Å². The average Bonchev–Trinajstić information content (AvgIpc) is 1.14. The van der Waals surface area contributed by atoms with Crippen LogP contribution in [0, 0.1) is 0 Å². The molecule has 11 heavy (non-hydrogen) atoms. The van der Waals surface area contributed by atoms with E-state index in [0.717, 1.165) is 0 Å². The predicted octanol–water partition coefficient (Wildman–Crippen LogP) is -4.61. The summed E-state index contributed by atoms with van der Waals surface area (Å²) in [4.78, 5) is 23.5. The van der Waals surface area contributed by atoms with Gasteiger partial charge in [0, 0.05) is 0 Å². The fraction of sp³-hybridized carbons (Fsp3) is 0. The number of hydrogen-bond acceptors (Lipinski definition) is 6. The van der Waals surface area contributed by atoms with E-state index >= 15 is 0 Å². The van der Waals surface area contributed by atoms with Crippen molar-refractivity contribution in [2.45, 2.75) is 0 Å². The van der Waals surface area contributed by atoms with Gasteiger partial charge >= 0.3 is 94.9 Å². The van der Waals surface area contributed by atoms with E-state index in [2.05, 4.69) is 3.87 Å². The second-order valence-electron chi connectivity index (χ2n) is 1.08. The van der Waals surface area contributed by atoms with Crippen molar-refractivity contribution in [1.82, 2.24) is 0 Å². The van der Waals surface area contributed by atoms with Crippen LogP contribution < -0.4 is 0 Å². The van der Waals surface area contributed by atoms with Crippen LogP contribution in [0.2, 0.25) is 0 Å². The summed E-state index contributed by atoms with van der Waals surface area (Å²) in [6.45, 7) is 0. The summed E-state index contributed by atoms with van der Waals surface area (Å²) in [6, 6.07) is 0. The number of hydrogen-bond donors (Lipinski definition) is 4. The first kappa shape index (κ1) is 19.1. The van der Waals surface area contributed by atoms with Gasteiger partial charge in [0.15, 0.2) is 0 Å². The van der Waals surface area contributed by atoms with Gasteiger partial charge in [-0.3, -0.25) is 4.55 Å². The average molecular weight is 260 g/mol. The van der Waals surface area contributed by atoms with Gasteiger partial charge in [-0.15, -0.1) is 0 Å². The van der Waals surface area contributed by atoms with E-state index in [4.69, 9.17) is 18.9 Å². The van der Waals surface area contributed by atoms with Gasteiger partial charge in [0.1, 0.15) is 0 Å². The standard InChI is InChI=1S/2Ca.H4O7SSi.4H/c;;1-8(2,3)7-9(4,5)6;;;;/h;;4-6H,(H,1,2,3);;;;. The van der Waals surface area contributed by atoms with Crippen LogP contribution in [-0.2, 0) is 14.3 Å². The minimum absolute atomic E-state index is 0. The van der Waals surface area contributed by atoms with Crippen molar-refractivity contribution in [1.29, 1.82) is 0 Å². The van der Waals surface area contributed by atoms with Gasteiger partial charge in [0.2, 0.25) is 0 Å². The third-order valence-electron chi connectivity index (χ3n) is 0.217. The normalized spacial score (nSPS) is 11.3. The summed E-state index contributed by atoms with van der Waals surface area (Å²) in [5.41, 5.74) is 0. The Kier molecular flexibility index (Phi) is 11.9. The zero-order valence-corrected chi connectivity index (χ0v) is 5.74. The van der Waals surface area contributed by atoms with Crippen molar-refractivity contribution < 1.29 is 31.2 Å². The molecule has 0 aromatic heterocycles. The first-order valence-electron chi connectivity index (χ1n) is 1.56. The van der Waals surface area contributed by atoms with E-state index in [1.807, 2.05) is 0 Å². The first-order valence-corrected chi connectivity index (χ1v) is 4.67. The van der Waals surface area contributed by atoms with Crippen LogP contribution in [-0.4, -0.2) is 112 Å². The van der Waals surface area contributed by atoms with Crippen molar-refractivity contribution in [3.8, 4) is 0 Å². The molecule has 0 saturated carbocycles. The Labute approximate surface area is 124 Å².